The predicted octanol–water partition coefficient (Wildman–Crippen LogP) is 3.05. The van der Waals surface area contributed by atoms with Crippen LogP contribution in [0.15, 0.2) is 12.4 Å². The lowest BCUT2D eigenvalue weighted by Gasteiger charge is -2.43. The summed E-state index contributed by atoms with van der Waals surface area (Å²) in [6.45, 7) is 3.35. The van der Waals surface area contributed by atoms with Crippen molar-refractivity contribution >= 4 is 17.2 Å². The summed E-state index contributed by atoms with van der Waals surface area (Å²) in [7, 11) is 0. The Labute approximate surface area is 199 Å². The van der Waals surface area contributed by atoms with E-state index in [-0.39, 0.29) is 11.5 Å². The van der Waals surface area contributed by atoms with Crippen molar-refractivity contribution in [2.24, 2.45) is 5.92 Å². The zero-order valence-electron chi connectivity index (χ0n) is 18.9. The van der Waals surface area contributed by atoms with Crippen molar-refractivity contribution in [1.82, 2.24) is 20.0 Å². The van der Waals surface area contributed by atoms with E-state index in [1.165, 1.54) is 0 Å². The summed E-state index contributed by atoms with van der Waals surface area (Å²) >= 11 is 0.754. The number of alkyl halides is 3. The number of nitrogens with zero attached hydrogens (tertiary/aromatic N) is 3. The molecule has 3 aliphatic heterocycles. The van der Waals surface area contributed by atoms with E-state index in [0.29, 0.717) is 74.8 Å². The molecule has 0 bridgehead atoms. The highest BCUT2D eigenvalue weighted by atomic mass is 32.1. The first kappa shape index (κ1) is 23.8. The van der Waals surface area contributed by atoms with E-state index in [2.05, 4.69) is 15.3 Å². The van der Waals surface area contributed by atoms with Gasteiger partial charge in [-0.1, -0.05) is 0 Å². The van der Waals surface area contributed by atoms with Crippen LogP contribution in [-0.2, 0) is 47.4 Å². The van der Waals surface area contributed by atoms with Crippen LogP contribution in [0.4, 0.5) is 13.2 Å². The molecule has 2 fully saturated rings. The number of rotatable bonds is 5. The number of aliphatic hydroxyl groups excluding tert-OH is 1. The number of thiophene rings is 1. The first-order chi connectivity index (χ1) is 16.3. The number of aromatic nitrogens is 2. The molecular formula is C23H29F3N4O3S. The maximum atomic E-state index is 13.6. The van der Waals surface area contributed by atoms with Gasteiger partial charge in [-0.2, -0.15) is 18.3 Å². The fourth-order valence-corrected chi connectivity index (χ4v) is 6.93. The number of amides is 1. The minimum Gasteiger partial charge on any atom is -0.392 e. The number of piperidine rings is 2. The molecule has 1 amide bonds. The zero-order valence-corrected chi connectivity index (χ0v) is 19.7. The van der Waals surface area contributed by atoms with Crippen LogP contribution in [0.2, 0.25) is 0 Å². The first-order valence-electron chi connectivity index (χ1n) is 11.7. The van der Waals surface area contributed by atoms with Crippen LogP contribution in [0.1, 0.15) is 52.1 Å². The van der Waals surface area contributed by atoms with Crippen molar-refractivity contribution in [2.45, 2.75) is 63.6 Å². The molecule has 1 unspecified atom stereocenters. The van der Waals surface area contributed by atoms with Crippen molar-refractivity contribution in [1.29, 1.82) is 0 Å². The van der Waals surface area contributed by atoms with Crippen molar-refractivity contribution in [3.63, 3.8) is 0 Å². The topological polar surface area (TPSA) is 79.6 Å². The molecule has 2 aromatic rings. The molecule has 0 radical (unpaired) electrons. The van der Waals surface area contributed by atoms with Crippen LogP contribution in [0, 0.1) is 5.92 Å². The number of carbonyl (C=O) groups is 1. The maximum absolute atomic E-state index is 13.6. The monoisotopic (exact) mass is 498 g/mol. The average molecular weight is 499 g/mol. The predicted molar refractivity (Wildman–Crippen MR) is 119 cm³/mol. The molecule has 2 aromatic heterocycles. The van der Waals surface area contributed by atoms with Crippen LogP contribution in [0.5, 0.6) is 0 Å². The minimum atomic E-state index is -4.47. The van der Waals surface area contributed by atoms with Gasteiger partial charge in [0.2, 0.25) is 5.91 Å². The standard InChI is InChI=1S/C23H29F3N4O3S/c24-23(25,26)21-18(14-31)17-2-8-33-22(20(17)34-21)3-6-29(7-4-22)11-16-10-28-30(13-16)12-15-1-5-27-19(32)9-15/h10,13,15,31H,1-9,11-12,14H2,(H,27,32). The zero-order chi connectivity index (χ0) is 23.9. The quantitative estimate of drug-likeness (QED) is 0.663. The van der Waals surface area contributed by atoms with Gasteiger partial charge in [0.15, 0.2) is 0 Å². The van der Waals surface area contributed by atoms with Crippen LogP contribution >= 0.6 is 11.3 Å². The Hall–Kier alpha value is -1.95. The van der Waals surface area contributed by atoms with E-state index in [4.69, 9.17) is 4.74 Å². The van der Waals surface area contributed by atoms with Gasteiger partial charge in [-0.05, 0) is 37.2 Å². The molecule has 0 saturated carbocycles. The van der Waals surface area contributed by atoms with E-state index in [0.717, 1.165) is 29.9 Å². The lowest BCUT2D eigenvalue weighted by Crippen LogP contribution is -2.45. The van der Waals surface area contributed by atoms with Crippen LogP contribution in [0.3, 0.4) is 0 Å². The Morgan fingerprint density at radius 3 is 2.82 bits per heavy atom. The Morgan fingerprint density at radius 2 is 2.12 bits per heavy atom. The molecule has 5 rings (SSSR count). The maximum Gasteiger partial charge on any atom is 0.425 e. The number of ether oxygens (including phenoxy) is 1. The van der Waals surface area contributed by atoms with E-state index in [9.17, 15) is 23.1 Å². The van der Waals surface area contributed by atoms with E-state index in [1.807, 2.05) is 17.1 Å². The van der Waals surface area contributed by atoms with Gasteiger partial charge in [-0.3, -0.25) is 14.4 Å². The average Bonchev–Trinajstić information content (AvgIpc) is 3.40. The first-order valence-corrected chi connectivity index (χ1v) is 12.6. The van der Waals surface area contributed by atoms with Crippen molar-refractivity contribution in [3.05, 3.63) is 38.8 Å². The molecule has 34 heavy (non-hydrogen) atoms. The van der Waals surface area contributed by atoms with Gasteiger partial charge >= 0.3 is 6.18 Å². The van der Waals surface area contributed by atoms with Crippen molar-refractivity contribution in [2.75, 3.05) is 26.2 Å². The number of halogens is 3. The van der Waals surface area contributed by atoms with E-state index >= 15 is 0 Å². The molecule has 186 valence electrons. The lowest BCUT2D eigenvalue weighted by atomic mass is 9.84. The molecule has 7 nitrogen and oxygen atoms in total. The molecule has 0 aromatic carbocycles. The van der Waals surface area contributed by atoms with Crippen LogP contribution < -0.4 is 5.32 Å². The highest BCUT2D eigenvalue weighted by molar-refractivity contribution is 7.12. The summed E-state index contributed by atoms with van der Waals surface area (Å²) < 4.78 is 48.8. The molecule has 2 saturated heterocycles. The lowest BCUT2D eigenvalue weighted by molar-refractivity contribution is -0.135. The summed E-state index contributed by atoms with van der Waals surface area (Å²) in [4.78, 5) is 13.8. The second kappa shape index (κ2) is 9.25. The number of carbonyl (C=O) groups excluding carboxylic acids is 1. The minimum absolute atomic E-state index is 0.0282. The van der Waals surface area contributed by atoms with E-state index < -0.39 is 23.3 Å². The van der Waals surface area contributed by atoms with Gasteiger partial charge in [-0.15, -0.1) is 11.3 Å². The van der Waals surface area contributed by atoms with Gasteiger partial charge in [0.25, 0.3) is 0 Å². The number of hydrogen-bond acceptors (Lipinski definition) is 6. The normalized spacial score (nSPS) is 23.2. The number of likely N-dealkylation sites (tertiary alicyclic amines) is 1. The third kappa shape index (κ3) is 4.62. The van der Waals surface area contributed by atoms with E-state index in [1.54, 1.807) is 0 Å². The molecule has 1 spiro atoms. The highest BCUT2D eigenvalue weighted by Crippen LogP contribution is 2.50. The van der Waals surface area contributed by atoms with Crippen LogP contribution in [-0.4, -0.2) is 51.9 Å². The molecule has 1 atom stereocenters. The second-order valence-electron chi connectivity index (χ2n) is 9.52. The summed E-state index contributed by atoms with van der Waals surface area (Å²) in [6.07, 6.45) is 2.53. The van der Waals surface area contributed by atoms with Crippen molar-refractivity contribution < 1.29 is 27.8 Å². The summed E-state index contributed by atoms with van der Waals surface area (Å²) in [5.41, 5.74) is 1.05. The third-order valence-corrected chi connectivity index (χ3v) is 8.73. The molecule has 3 aliphatic rings. The Morgan fingerprint density at radius 1 is 1.32 bits per heavy atom. The molecule has 11 heteroatoms. The molecular weight excluding hydrogens is 469 g/mol. The van der Waals surface area contributed by atoms with Gasteiger partial charge in [0, 0.05) is 61.3 Å². The highest BCUT2D eigenvalue weighted by Gasteiger charge is 2.47. The Kier molecular flexibility index (Phi) is 6.47. The van der Waals surface area contributed by atoms with Gasteiger partial charge < -0.3 is 15.2 Å². The molecule has 2 N–H and O–H groups in total. The Balaban J connectivity index is 1.23. The van der Waals surface area contributed by atoms with Crippen LogP contribution in [0.25, 0.3) is 0 Å². The number of nitrogens with one attached hydrogen (secondary N) is 1. The van der Waals surface area contributed by atoms with Gasteiger partial charge in [0.05, 0.1) is 19.4 Å². The van der Waals surface area contributed by atoms with Gasteiger partial charge in [0.1, 0.15) is 10.5 Å². The number of hydrogen-bond donors (Lipinski definition) is 2. The molecule has 0 aliphatic carbocycles. The SMILES string of the molecule is O=C1CC(Cn2cc(CN3CCC4(CC3)OCCc3c4sc(C(F)(F)F)c3CO)cn2)CCN1. The number of fused-ring (bicyclic) bond motifs is 2. The molecule has 5 heterocycles. The van der Waals surface area contributed by atoms with Gasteiger partial charge in [-0.25, -0.2) is 0 Å². The largest absolute Gasteiger partial charge is 0.425 e. The Bertz CT molecular complexity index is 1040. The van der Waals surface area contributed by atoms with Crippen molar-refractivity contribution in [3.8, 4) is 0 Å². The number of aliphatic hydroxyl groups is 1. The summed E-state index contributed by atoms with van der Waals surface area (Å²) in [5.74, 6) is 0.392. The smallest absolute Gasteiger partial charge is 0.392 e. The fraction of sp³-hybridized carbons (Fsp3) is 0.652. The summed E-state index contributed by atoms with van der Waals surface area (Å²) in [5, 5.41) is 17.0. The summed E-state index contributed by atoms with van der Waals surface area (Å²) in [6, 6.07) is 0. The second-order valence-corrected chi connectivity index (χ2v) is 10.5. The fourth-order valence-electron chi connectivity index (χ4n) is 5.50. The third-order valence-electron chi connectivity index (χ3n) is 7.23.